The Hall–Kier alpha value is -2.30. The van der Waals surface area contributed by atoms with E-state index in [0.29, 0.717) is 12.3 Å². The number of urea groups is 1. The monoisotopic (exact) mass is 353 g/mol. The summed E-state index contributed by atoms with van der Waals surface area (Å²) in [5, 5.41) is 6.26. The summed E-state index contributed by atoms with van der Waals surface area (Å²) in [5.74, 6) is 2.27. The van der Waals surface area contributed by atoms with E-state index >= 15 is 0 Å². The fraction of sp³-hybridized carbons (Fsp3) is 0.524. The Kier molecular flexibility index (Phi) is 5.23. The van der Waals surface area contributed by atoms with E-state index in [0.717, 1.165) is 30.2 Å². The van der Waals surface area contributed by atoms with E-state index in [2.05, 4.69) is 27.8 Å². The molecule has 3 atom stereocenters. The zero-order chi connectivity index (χ0) is 17.8. The molecular formula is C21H27N3O2. The maximum atomic E-state index is 12.6. The number of amides is 2. The maximum Gasteiger partial charge on any atom is 0.315 e. The number of aromatic nitrogens is 1. The summed E-state index contributed by atoms with van der Waals surface area (Å²) in [6.45, 7) is 0. The van der Waals surface area contributed by atoms with Gasteiger partial charge >= 0.3 is 6.03 Å². The van der Waals surface area contributed by atoms with E-state index in [1.165, 1.54) is 25.7 Å². The molecule has 1 aromatic heterocycles. The highest BCUT2D eigenvalue weighted by Crippen LogP contribution is 2.43. The van der Waals surface area contributed by atoms with Crippen LogP contribution in [0.25, 0.3) is 0 Å². The van der Waals surface area contributed by atoms with Crippen molar-refractivity contribution in [2.75, 3.05) is 0 Å². The Labute approximate surface area is 154 Å². The van der Waals surface area contributed by atoms with Gasteiger partial charge in [0.15, 0.2) is 0 Å². The predicted octanol–water partition coefficient (Wildman–Crippen LogP) is 4.23. The first-order valence-corrected chi connectivity index (χ1v) is 9.78. The summed E-state index contributed by atoms with van der Waals surface area (Å²) >= 11 is 0. The highest BCUT2D eigenvalue weighted by molar-refractivity contribution is 5.74. The number of oxazole rings is 1. The van der Waals surface area contributed by atoms with Gasteiger partial charge in [0, 0.05) is 12.5 Å². The highest BCUT2D eigenvalue weighted by Gasteiger charge is 2.35. The zero-order valence-electron chi connectivity index (χ0n) is 15.1. The molecule has 2 N–H and O–H groups in total. The summed E-state index contributed by atoms with van der Waals surface area (Å²) in [7, 11) is 0. The third-order valence-corrected chi connectivity index (χ3v) is 5.68. The number of benzene rings is 1. The van der Waals surface area contributed by atoms with Crippen LogP contribution in [0.4, 0.5) is 4.79 Å². The van der Waals surface area contributed by atoms with Crippen molar-refractivity contribution in [2.24, 2.45) is 11.8 Å². The van der Waals surface area contributed by atoms with Crippen molar-refractivity contribution < 1.29 is 9.21 Å². The van der Waals surface area contributed by atoms with Gasteiger partial charge in [-0.3, -0.25) is 0 Å². The van der Waals surface area contributed by atoms with Crippen molar-refractivity contribution in [1.82, 2.24) is 15.6 Å². The van der Waals surface area contributed by atoms with Crippen molar-refractivity contribution in [3.05, 3.63) is 54.2 Å². The highest BCUT2D eigenvalue weighted by atomic mass is 16.3. The van der Waals surface area contributed by atoms with E-state index in [-0.39, 0.29) is 18.1 Å². The normalized spacial score (nSPS) is 24.0. The standard InChI is InChI=1S/C21H27N3O2/c25-21(23-18-8-4-7-17(14-18)16-9-10-16)24-19(20-22-11-12-26-20)13-15-5-2-1-3-6-15/h1-3,5-6,11-12,16-19H,4,7-10,13-14H2,(H2,23,24,25)/t17-,18+,19?/m1/s1. The van der Waals surface area contributed by atoms with Crippen molar-refractivity contribution in [1.29, 1.82) is 0 Å². The summed E-state index contributed by atoms with van der Waals surface area (Å²) in [4.78, 5) is 16.9. The Morgan fingerprint density at radius 1 is 1.15 bits per heavy atom. The number of nitrogens with one attached hydrogen (secondary N) is 2. The van der Waals surface area contributed by atoms with Gasteiger partial charge < -0.3 is 15.1 Å². The van der Waals surface area contributed by atoms with Crippen molar-refractivity contribution in [3.63, 3.8) is 0 Å². The van der Waals surface area contributed by atoms with Gasteiger partial charge in [0.05, 0.1) is 6.20 Å². The number of hydrogen-bond donors (Lipinski definition) is 2. The molecule has 0 bridgehead atoms. The molecule has 0 saturated heterocycles. The molecule has 1 unspecified atom stereocenters. The van der Waals surface area contributed by atoms with Crippen LogP contribution in [-0.2, 0) is 6.42 Å². The molecule has 2 aliphatic carbocycles. The molecule has 0 radical (unpaired) electrons. The van der Waals surface area contributed by atoms with E-state index in [9.17, 15) is 4.79 Å². The Balaban J connectivity index is 1.36. The van der Waals surface area contributed by atoms with Gasteiger partial charge in [-0.15, -0.1) is 0 Å². The van der Waals surface area contributed by atoms with Crippen LogP contribution in [0.5, 0.6) is 0 Å². The Morgan fingerprint density at radius 3 is 2.73 bits per heavy atom. The molecule has 26 heavy (non-hydrogen) atoms. The fourth-order valence-corrected chi connectivity index (χ4v) is 4.20. The van der Waals surface area contributed by atoms with Crippen molar-refractivity contribution >= 4 is 6.03 Å². The van der Waals surface area contributed by atoms with Gasteiger partial charge in [-0.05, 0) is 43.1 Å². The minimum absolute atomic E-state index is 0.120. The second-order valence-corrected chi connectivity index (χ2v) is 7.69. The van der Waals surface area contributed by atoms with Gasteiger partial charge in [0.1, 0.15) is 12.3 Å². The first-order valence-electron chi connectivity index (χ1n) is 9.78. The third-order valence-electron chi connectivity index (χ3n) is 5.68. The quantitative estimate of drug-likeness (QED) is 0.817. The van der Waals surface area contributed by atoms with Crippen LogP contribution < -0.4 is 10.6 Å². The summed E-state index contributed by atoms with van der Waals surface area (Å²) in [6.07, 6.45) is 11.3. The average molecular weight is 353 g/mol. The third kappa shape index (κ3) is 4.45. The number of nitrogens with zero attached hydrogens (tertiary/aromatic N) is 1. The molecule has 0 spiro atoms. The van der Waals surface area contributed by atoms with Crippen molar-refractivity contribution in [3.8, 4) is 0 Å². The molecule has 2 fully saturated rings. The van der Waals surface area contributed by atoms with Crippen LogP contribution in [0.2, 0.25) is 0 Å². The lowest BCUT2D eigenvalue weighted by Crippen LogP contribution is -2.45. The molecular weight excluding hydrogens is 326 g/mol. The first-order chi connectivity index (χ1) is 12.8. The summed E-state index contributed by atoms with van der Waals surface area (Å²) in [6, 6.07) is 10.00. The van der Waals surface area contributed by atoms with E-state index in [4.69, 9.17) is 4.42 Å². The molecule has 2 saturated carbocycles. The van der Waals surface area contributed by atoms with E-state index in [1.807, 2.05) is 18.2 Å². The molecule has 0 aliphatic heterocycles. The number of rotatable bonds is 6. The summed E-state index contributed by atoms with van der Waals surface area (Å²) in [5.41, 5.74) is 1.14. The lowest BCUT2D eigenvalue weighted by Gasteiger charge is -2.30. The molecule has 1 aromatic carbocycles. The molecule has 1 heterocycles. The van der Waals surface area contributed by atoms with Gasteiger partial charge in [-0.1, -0.05) is 43.2 Å². The van der Waals surface area contributed by atoms with Crippen LogP contribution in [0.1, 0.15) is 56.0 Å². The molecule has 5 nitrogen and oxygen atoms in total. The molecule has 2 amide bonds. The lowest BCUT2D eigenvalue weighted by atomic mass is 9.83. The van der Waals surface area contributed by atoms with Gasteiger partial charge in [-0.2, -0.15) is 0 Å². The van der Waals surface area contributed by atoms with Crippen LogP contribution in [0, 0.1) is 11.8 Å². The summed E-state index contributed by atoms with van der Waals surface area (Å²) < 4.78 is 5.46. The van der Waals surface area contributed by atoms with E-state index < -0.39 is 0 Å². The number of carbonyl (C=O) groups excluding carboxylic acids is 1. The van der Waals surface area contributed by atoms with Crippen LogP contribution >= 0.6 is 0 Å². The van der Waals surface area contributed by atoms with Crippen LogP contribution in [-0.4, -0.2) is 17.1 Å². The smallest absolute Gasteiger partial charge is 0.315 e. The topological polar surface area (TPSA) is 67.2 Å². The average Bonchev–Trinajstić information content (AvgIpc) is 3.37. The predicted molar refractivity (Wildman–Crippen MR) is 99.5 cm³/mol. The SMILES string of the molecule is O=C(NC(Cc1ccccc1)c1ncco1)N[C@H]1CCC[C@@H](C2CC2)C1. The maximum absolute atomic E-state index is 12.6. The second kappa shape index (κ2) is 7.94. The van der Waals surface area contributed by atoms with Gasteiger partial charge in [-0.25, -0.2) is 9.78 Å². The molecule has 2 aliphatic rings. The van der Waals surface area contributed by atoms with Crippen molar-refractivity contribution in [2.45, 2.75) is 57.0 Å². The number of hydrogen-bond acceptors (Lipinski definition) is 3. The second-order valence-electron chi connectivity index (χ2n) is 7.69. The van der Waals surface area contributed by atoms with Crippen LogP contribution in [0.3, 0.4) is 0 Å². The molecule has 5 heteroatoms. The molecule has 4 rings (SSSR count). The Morgan fingerprint density at radius 2 is 2.00 bits per heavy atom. The minimum atomic E-state index is -0.268. The lowest BCUT2D eigenvalue weighted by molar-refractivity contribution is 0.215. The van der Waals surface area contributed by atoms with Gasteiger partial charge in [0.2, 0.25) is 5.89 Å². The first kappa shape index (κ1) is 17.1. The Bertz CT molecular complexity index is 697. The number of carbonyl (C=O) groups is 1. The minimum Gasteiger partial charge on any atom is -0.447 e. The van der Waals surface area contributed by atoms with E-state index in [1.54, 1.807) is 12.5 Å². The zero-order valence-corrected chi connectivity index (χ0v) is 15.1. The largest absolute Gasteiger partial charge is 0.447 e. The van der Waals surface area contributed by atoms with Gasteiger partial charge in [0.25, 0.3) is 0 Å². The fourth-order valence-electron chi connectivity index (χ4n) is 4.20. The molecule has 138 valence electrons. The van der Waals surface area contributed by atoms with Crippen LogP contribution in [0.15, 0.2) is 47.2 Å². The molecule has 2 aromatic rings.